The average molecular weight is 846 g/mol. The molecule has 0 aliphatic rings. The molecule has 5 aromatic rings. The first-order valence-electron chi connectivity index (χ1n) is 16.6. The zero-order chi connectivity index (χ0) is 34.6. The molecule has 0 saturated heterocycles. The number of aryl methyl sites for hydroxylation is 1. The summed E-state index contributed by atoms with van der Waals surface area (Å²) >= 11 is 1.76. The molecule has 0 aliphatic carbocycles. The second-order valence-electron chi connectivity index (χ2n) is 13.8. The summed E-state index contributed by atoms with van der Waals surface area (Å²) in [6, 6.07) is 15.5. The largest absolute Gasteiger partial charge is 0.512 e. The van der Waals surface area contributed by atoms with Gasteiger partial charge in [0.05, 0.1) is 0 Å². The maximum absolute atomic E-state index is 12.2. The van der Waals surface area contributed by atoms with E-state index in [1.165, 1.54) is 22.7 Å². The molecule has 259 valence electrons. The molecule has 8 heteroatoms. The number of furan rings is 2. The number of ketones is 1. The van der Waals surface area contributed by atoms with Crippen LogP contribution in [0.15, 0.2) is 72.4 Å². The van der Waals surface area contributed by atoms with Gasteiger partial charge in [-0.1, -0.05) is 67.9 Å². The molecule has 3 heterocycles. The van der Waals surface area contributed by atoms with Crippen LogP contribution in [0.2, 0.25) is 0 Å². The molecule has 0 saturated carbocycles. The Morgan fingerprint density at radius 3 is 2.10 bits per heavy atom. The van der Waals surface area contributed by atoms with E-state index >= 15 is 0 Å². The van der Waals surface area contributed by atoms with E-state index in [0.717, 1.165) is 64.3 Å². The minimum Gasteiger partial charge on any atom is -0.512 e. The predicted molar refractivity (Wildman–Crippen MR) is 199 cm³/mol. The molecule has 0 spiro atoms. The van der Waals surface area contributed by atoms with Crippen molar-refractivity contribution in [2.24, 2.45) is 20.8 Å². The Labute approximate surface area is 302 Å². The van der Waals surface area contributed by atoms with Crippen molar-refractivity contribution in [1.82, 2.24) is 0 Å². The summed E-state index contributed by atoms with van der Waals surface area (Å²) in [5.41, 5.74) is 3.33. The molecule has 48 heavy (non-hydrogen) atoms. The maximum Gasteiger partial charge on any atom is 0.221 e. The Hall–Kier alpha value is -3.32. The van der Waals surface area contributed by atoms with Gasteiger partial charge in [0, 0.05) is 53.9 Å². The minimum absolute atomic E-state index is 0. The summed E-state index contributed by atoms with van der Waals surface area (Å²) in [5, 5.41) is 15.4. The summed E-state index contributed by atoms with van der Waals surface area (Å²) < 4.78 is 12.8. The SMILES string of the molecule is CCC(C)(CC)C(=O)/C=C(\O)C(C)(CC)CC.Cc1cc2c(ccc3oc(/N=C\N=Cc4[c-]c5ccsc5c(C(C)(C)C)c4)cc32)o1.[Ir]. The van der Waals surface area contributed by atoms with Gasteiger partial charge < -0.3 is 13.9 Å². The zero-order valence-electron chi connectivity index (χ0n) is 29.9. The zero-order valence-corrected chi connectivity index (χ0v) is 33.1. The van der Waals surface area contributed by atoms with Gasteiger partial charge in [-0.3, -0.25) is 9.79 Å². The van der Waals surface area contributed by atoms with Crippen LogP contribution in [0.25, 0.3) is 32.0 Å². The van der Waals surface area contributed by atoms with Crippen LogP contribution >= 0.6 is 11.3 Å². The number of thiophene rings is 1. The molecule has 0 fully saturated rings. The smallest absolute Gasteiger partial charge is 0.221 e. The molecular formula is C40H49IrN2O4S-. The predicted octanol–water partition coefficient (Wildman–Crippen LogP) is 12.2. The van der Waals surface area contributed by atoms with Crippen LogP contribution in [0, 0.1) is 23.8 Å². The van der Waals surface area contributed by atoms with Crippen LogP contribution < -0.4 is 0 Å². The number of aliphatic hydroxyl groups is 1. The molecule has 6 nitrogen and oxygen atoms in total. The Balaban J connectivity index is 0.000000301. The Kier molecular flexibility index (Phi) is 13.0. The topological polar surface area (TPSA) is 88.3 Å². The number of hydrogen-bond acceptors (Lipinski definition) is 6. The number of benzene rings is 2. The van der Waals surface area contributed by atoms with E-state index in [9.17, 15) is 9.90 Å². The summed E-state index contributed by atoms with van der Waals surface area (Å²) in [5.74, 6) is 1.68. The Bertz CT molecular complexity index is 1940. The molecule has 3 aromatic heterocycles. The van der Waals surface area contributed by atoms with E-state index < -0.39 is 0 Å². The first kappa shape index (κ1) is 39.1. The van der Waals surface area contributed by atoms with Crippen LogP contribution in [-0.2, 0) is 30.3 Å². The van der Waals surface area contributed by atoms with Crippen LogP contribution in [0.3, 0.4) is 0 Å². The van der Waals surface area contributed by atoms with Gasteiger partial charge in [-0.15, -0.1) is 29.1 Å². The minimum atomic E-state index is -0.337. The third-order valence-corrected chi connectivity index (χ3v) is 10.6. The van der Waals surface area contributed by atoms with Gasteiger partial charge in [0.2, 0.25) is 5.88 Å². The van der Waals surface area contributed by atoms with Crippen molar-refractivity contribution >= 4 is 67.6 Å². The van der Waals surface area contributed by atoms with E-state index in [1.807, 2.05) is 72.7 Å². The second kappa shape index (κ2) is 15.9. The standard InChI is InChI=1S/C25H21N2O2S.C15H28O2.Ir/c1-15-9-18-19-12-23(29-22(19)6-5-21(18)28-15)27-14-26-13-16-10-17-7-8-30-24(17)20(11-16)25(2,3)4;1-7-14(5,8-2)12(16)11-13(17)15(6,9-3)10-4;/h5-9,11-14H,1-4H3;11,16H,7-10H2,1-6H3;/q-1;;/b26-13?,27-14-;12-11-;. The molecule has 2 aromatic carbocycles. The van der Waals surface area contributed by atoms with Crippen LogP contribution in [0.5, 0.6) is 0 Å². The van der Waals surface area contributed by atoms with E-state index in [0.29, 0.717) is 5.88 Å². The fraction of sp³-hybridized carbons (Fsp3) is 0.425. The van der Waals surface area contributed by atoms with Crippen molar-refractivity contribution in [3.63, 3.8) is 0 Å². The molecule has 1 radical (unpaired) electrons. The van der Waals surface area contributed by atoms with Crippen molar-refractivity contribution in [3.8, 4) is 0 Å². The summed E-state index contributed by atoms with van der Waals surface area (Å²) in [7, 11) is 0. The Morgan fingerprint density at radius 2 is 1.50 bits per heavy atom. The quantitative estimate of drug-likeness (QED) is 0.0498. The number of fused-ring (bicyclic) bond motifs is 4. The first-order valence-corrected chi connectivity index (χ1v) is 17.4. The number of carbonyl (C=O) groups is 1. The van der Waals surface area contributed by atoms with Gasteiger partial charge >= 0.3 is 0 Å². The van der Waals surface area contributed by atoms with Crippen LogP contribution in [0.1, 0.15) is 105 Å². The second-order valence-corrected chi connectivity index (χ2v) is 14.8. The van der Waals surface area contributed by atoms with Crippen LogP contribution in [-0.4, -0.2) is 23.4 Å². The van der Waals surface area contributed by atoms with Crippen molar-refractivity contribution < 1.29 is 38.8 Å². The van der Waals surface area contributed by atoms with Gasteiger partial charge in [0.15, 0.2) is 5.78 Å². The number of aliphatic hydroxyl groups excluding tert-OH is 1. The third-order valence-electron chi connectivity index (χ3n) is 9.67. The van der Waals surface area contributed by atoms with Crippen molar-refractivity contribution in [2.75, 3.05) is 0 Å². The fourth-order valence-electron chi connectivity index (χ4n) is 5.35. The fourth-order valence-corrected chi connectivity index (χ4v) is 6.43. The number of carbonyl (C=O) groups excluding carboxylic acids is 1. The molecule has 0 amide bonds. The molecule has 0 bridgehead atoms. The van der Waals surface area contributed by atoms with E-state index in [4.69, 9.17) is 8.83 Å². The van der Waals surface area contributed by atoms with Crippen molar-refractivity contribution in [3.05, 3.63) is 76.6 Å². The van der Waals surface area contributed by atoms with E-state index in [-0.39, 0.29) is 47.9 Å². The molecule has 5 rings (SSSR count). The average Bonchev–Trinajstić information content (AvgIpc) is 3.79. The number of hydrogen-bond donors (Lipinski definition) is 1. The van der Waals surface area contributed by atoms with Crippen LogP contribution in [0.4, 0.5) is 5.88 Å². The summed E-state index contributed by atoms with van der Waals surface area (Å²) in [4.78, 5) is 20.9. The van der Waals surface area contributed by atoms with Gasteiger partial charge in [0.1, 0.15) is 29.0 Å². The molecule has 1 N–H and O–H groups in total. The molecule has 0 unspecified atom stereocenters. The Morgan fingerprint density at radius 1 is 0.896 bits per heavy atom. The summed E-state index contributed by atoms with van der Waals surface area (Å²) in [6.07, 6.45) is 8.05. The molecular weight excluding hydrogens is 797 g/mol. The number of allylic oxidation sites excluding steroid dienone is 2. The monoisotopic (exact) mass is 846 g/mol. The van der Waals surface area contributed by atoms with Gasteiger partial charge in [0.25, 0.3) is 0 Å². The number of rotatable bonds is 10. The number of aliphatic imine (C=N–C) groups is 2. The maximum atomic E-state index is 12.2. The van der Waals surface area contributed by atoms with Crippen molar-refractivity contribution in [1.29, 1.82) is 0 Å². The van der Waals surface area contributed by atoms with E-state index in [2.05, 4.69) is 54.3 Å². The number of nitrogens with zero attached hydrogens (tertiary/aromatic N) is 2. The molecule has 0 aliphatic heterocycles. The van der Waals surface area contributed by atoms with Gasteiger partial charge in [-0.2, -0.15) is 11.3 Å². The van der Waals surface area contributed by atoms with Gasteiger partial charge in [-0.25, -0.2) is 4.99 Å². The summed E-state index contributed by atoms with van der Waals surface area (Å²) in [6.45, 7) is 20.7. The van der Waals surface area contributed by atoms with Gasteiger partial charge in [-0.05, 0) is 72.5 Å². The molecule has 0 atom stereocenters. The van der Waals surface area contributed by atoms with Crippen molar-refractivity contribution in [2.45, 2.75) is 100 Å². The van der Waals surface area contributed by atoms with E-state index in [1.54, 1.807) is 17.6 Å². The normalized spacial score (nSPS) is 13.1. The third kappa shape index (κ3) is 8.63. The first-order chi connectivity index (χ1) is 22.2.